The summed E-state index contributed by atoms with van der Waals surface area (Å²) in [6.45, 7) is 1.48. The summed E-state index contributed by atoms with van der Waals surface area (Å²) >= 11 is 0. The molecule has 0 aliphatic carbocycles. The Kier molecular flexibility index (Phi) is 12.1. The lowest BCUT2D eigenvalue weighted by Gasteiger charge is -2.32. The molecule has 0 bridgehead atoms. The highest BCUT2D eigenvalue weighted by Crippen LogP contribution is 2.17. The van der Waals surface area contributed by atoms with E-state index in [1.807, 2.05) is 7.05 Å². The van der Waals surface area contributed by atoms with Crippen LogP contribution in [0.15, 0.2) is 48.5 Å². The van der Waals surface area contributed by atoms with Crippen LogP contribution in [0.4, 0.5) is 4.39 Å². The number of rotatable bonds is 6. The fraction of sp³-hybridized carbons (Fsp3) is 0.500. The fourth-order valence-electron chi connectivity index (χ4n) is 4.18. The normalized spacial score (nSPS) is 21.7. The third kappa shape index (κ3) is 9.26. The Morgan fingerprint density at radius 3 is 2.44 bits per heavy atom. The smallest absolute Gasteiger partial charge is 0.254 e. The predicted octanol–water partition coefficient (Wildman–Crippen LogP) is 0.902. The molecule has 2 amide bonds. The lowest BCUT2D eigenvalue weighted by Crippen LogP contribution is -2.50. The fourth-order valence-corrected chi connectivity index (χ4v) is 4.18. The Balaban J connectivity index is 1.82. The van der Waals surface area contributed by atoms with Gasteiger partial charge in [-0.15, -0.1) is 0 Å². The van der Waals surface area contributed by atoms with Gasteiger partial charge in [0.15, 0.2) is 0 Å². The molecule has 0 spiro atoms. The molecule has 2 aromatic rings. The summed E-state index contributed by atoms with van der Waals surface area (Å²) < 4.78 is 24.6. The zero-order valence-electron chi connectivity index (χ0n) is 22.2. The summed E-state index contributed by atoms with van der Waals surface area (Å²) in [4.78, 5) is 29.7. The first-order valence-electron chi connectivity index (χ1n) is 13.1. The standard InChI is InChI=1S/C28H38FN3O7/c1-30-11-16-39-23-6-4-5-21(17-23)28(37)31-12-2-3-15-38-19-25(34)26(35)24(33)18-32(14-13-31)27(36)20-7-9-22(29)10-8-20/h4-10,17,24-26,30,33-35H,2-3,11-16,18-19H2,1H3/t24-,25+,26+/m0/s1. The number of aliphatic hydroxyl groups is 3. The number of carbonyl (C=O) groups is 2. The molecule has 0 radical (unpaired) electrons. The molecular weight excluding hydrogens is 509 g/mol. The van der Waals surface area contributed by atoms with Crippen molar-refractivity contribution in [2.24, 2.45) is 0 Å². The number of likely N-dealkylation sites (N-methyl/N-ethyl adjacent to an activating group) is 1. The minimum Gasteiger partial charge on any atom is -0.492 e. The number of hydrogen-bond acceptors (Lipinski definition) is 8. The van der Waals surface area contributed by atoms with Crippen LogP contribution in [0.3, 0.4) is 0 Å². The number of carbonyl (C=O) groups excluding carboxylic acids is 2. The van der Waals surface area contributed by atoms with E-state index in [9.17, 15) is 29.3 Å². The number of ether oxygens (including phenoxy) is 2. The third-order valence-electron chi connectivity index (χ3n) is 6.46. The number of halogens is 1. The number of benzene rings is 2. The average Bonchev–Trinajstić information content (AvgIpc) is 2.94. The molecule has 0 aromatic heterocycles. The highest BCUT2D eigenvalue weighted by molar-refractivity contribution is 5.95. The second-order valence-corrected chi connectivity index (χ2v) is 9.44. The van der Waals surface area contributed by atoms with E-state index in [2.05, 4.69) is 5.32 Å². The van der Waals surface area contributed by atoms with Crippen LogP contribution in [0.2, 0.25) is 0 Å². The van der Waals surface area contributed by atoms with Gasteiger partial charge in [-0.25, -0.2) is 4.39 Å². The zero-order chi connectivity index (χ0) is 28.2. The topological polar surface area (TPSA) is 132 Å². The molecule has 10 nitrogen and oxygen atoms in total. The van der Waals surface area contributed by atoms with Crippen molar-refractivity contribution in [2.75, 3.05) is 59.6 Å². The molecule has 2 aromatic carbocycles. The van der Waals surface area contributed by atoms with Gasteiger partial charge in [-0.3, -0.25) is 9.59 Å². The molecule has 1 aliphatic rings. The highest BCUT2D eigenvalue weighted by atomic mass is 19.1. The molecule has 1 saturated heterocycles. The number of hydrogen-bond donors (Lipinski definition) is 4. The Bertz CT molecular complexity index is 1060. The van der Waals surface area contributed by atoms with Crippen LogP contribution < -0.4 is 10.1 Å². The van der Waals surface area contributed by atoms with Crippen LogP contribution in [0, 0.1) is 5.82 Å². The Morgan fingerprint density at radius 2 is 1.69 bits per heavy atom. The van der Waals surface area contributed by atoms with Gasteiger partial charge in [0, 0.05) is 50.5 Å². The number of aliphatic hydroxyl groups excluding tert-OH is 3. The Morgan fingerprint density at radius 1 is 0.974 bits per heavy atom. The lowest BCUT2D eigenvalue weighted by atomic mass is 10.1. The maximum Gasteiger partial charge on any atom is 0.254 e. The molecule has 0 unspecified atom stereocenters. The van der Waals surface area contributed by atoms with E-state index < -0.39 is 30.0 Å². The molecule has 1 aliphatic heterocycles. The second kappa shape index (κ2) is 15.5. The monoisotopic (exact) mass is 547 g/mol. The van der Waals surface area contributed by atoms with Crippen molar-refractivity contribution in [2.45, 2.75) is 31.2 Å². The first-order valence-corrected chi connectivity index (χ1v) is 13.1. The van der Waals surface area contributed by atoms with Crippen LogP contribution >= 0.6 is 0 Å². The van der Waals surface area contributed by atoms with Gasteiger partial charge in [0.2, 0.25) is 0 Å². The van der Waals surface area contributed by atoms with Crippen molar-refractivity contribution in [3.8, 4) is 5.75 Å². The van der Waals surface area contributed by atoms with Gasteiger partial charge in [-0.2, -0.15) is 0 Å². The Labute approximate surface area is 227 Å². The predicted molar refractivity (Wildman–Crippen MR) is 142 cm³/mol. The number of amides is 2. The van der Waals surface area contributed by atoms with Crippen LogP contribution in [-0.4, -0.2) is 115 Å². The zero-order valence-corrected chi connectivity index (χ0v) is 22.2. The van der Waals surface area contributed by atoms with Gasteiger partial charge in [-0.1, -0.05) is 6.07 Å². The Hall–Kier alpha value is -3.09. The van der Waals surface area contributed by atoms with E-state index in [0.29, 0.717) is 50.5 Å². The molecule has 4 N–H and O–H groups in total. The molecule has 214 valence electrons. The van der Waals surface area contributed by atoms with Crippen LogP contribution in [0.1, 0.15) is 33.6 Å². The maximum atomic E-state index is 13.5. The first-order chi connectivity index (χ1) is 18.8. The van der Waals surface area contributed by atoms with Gasteiger partial charge in [-0.05, 0) is 62.4 Å². The quantitative estimate of drug-likeness (QED) is 0.393. The summed E-state index contributed by atoms with van der Waals surface area (Å²) in [6, 6.07) is 11.9. The minimum atomic E-state index is -1.56. The van der Waals surface area contributed by atoms with Gasteiger partial charge in [0.05, 0.1) is 6.61 Å². The highest BCUT2D eigenvalue weighted by Gasteiger charge is 2.29. The van der Waals surface area contributed by atoms with Crippen LogP contribution in [0.25, 0.3) is 0 Å². The van der Waals surface area contributed by atoms with Crippen LogP contribution in [-0.2, 0) is 4.74 Å². The van der Waals surface area contributed by atoms with E-state index >= 15 is 0 Å². The molecule has 11 heteroatoms. The van der Waals surface area contributed by atoms with E-state index in [1.54, 1.807) is 29.2 Å². The largest absolute Gasteiger partial charge is 0.492 e. The average molecular weight is 548 g/mol. The molecular formula is C28H38FN3O7. The van der Waals surface area contributed by atoms with Crippen molar-refractivity contribution >= 4 is 11.8 Å². The van der Waals surface area contributed by atoms with E-state index in [4.69, 9.17) is 9.47 Å². The van der Waals surface area contributed by atoms with Gasteiger partial charge in [0.1, 0.15) is 36.5 Å². The molecule has 3 rings (SSSR count). The third-order valence-corrected chi connectivity index (χ3v) is 6.46. The molecule has 0 saturated carbocycles. The maximum absolute atomic E-state index is 13.5. The number of nitrogens with zero attached hydrogens (tertiary/aromatic N) is 2. The van der Waals surface area contributed by atoms with Crippen LogP contribution in [0.5, 0.6) is 5.75 Å². The van der Waals surface area contributed by atoms with Gasteiger partial charge >= 0.3 is 0 Å². The second-order valence-electron chi connectivity index (χ2n) is 9.44. The summed E-state index contributed by atoms with van der Waals surface area (Å²) in [5.74, 6) is -0.686. The summed E-state index contributed by atoms with van der Waals surface area (Å²) in [5, 5.41) is 34.2. The minimum absolute atomic E-state index is 0.0384. The van der Waals surface area contributed by atoms with Crippen molar-refractivity contribution in [1.82, 2.24) is 15.1 Å². The van der Waals surface area contributed by atoms with Crippen molar-refractivity contribution in [1.29, 1.82) is 0 Å². The van der Waals surface area contributed by atoms with Crippen molar-refractivity contribution in [3.63, 3.8) is 0 Å². The van der Waals surface area contributed by atoms with E-state index in [0.717, 1.165) is 12.1 Å². The van der Waals surface area contributed by atoms with Crippen molar-refractivity contribution in [3.05, 3.63) is 65.5 Å². The summed E-state index contributed by atoms with van der Waals surface area (Å²) in [7, 11) is 1.82. The number of β-amino-alcohol motifs (C(OH)–C–C–N with tert-alkyl or cyclic N) is 1. The summed E-state index contributed by atoms with van der Waals surface area (Å²) in [5.41, 5.74) is 0.622. The van der Waals surface area contributed by atoms with Gasteiger partial charge in [0.25, 0.3) is 11.8 Å². The number of nitrogens with one attached hydrogen (secondary N) is 1. The molecule has 1 fully saturated rings. The van der Waals surface area contributed by atoms with E-state index in [1.165, 1.54) is 17.0 Å². The van der Waals surface area contributed by atoms with Gasteiger partial charge < -0.3 is 39.9 Å². The molecule has 3 atom stereocenters. The molecule has 39 heavy (non-hydrogen) atoms. The first kappa shape index (κ1) is 30.5. The lowest BCUT2D eigenvalue weighted by molar-refractivity contribution is -0.0932. The molecule has 1 heterocycles. The van der Waals surface area contributed by atoms with Crippen molar-refractivity contribution < 1.29 is 38.8 Å². The SMILES string of the molecule is CNCCOc1cccc(C(=O)N2CCCCOC[C@@H](O)[C@H](O)[C@@H](O)CN(C(=O)c3ccc(F)cc3)CC2)c1. The van der Waals surface area contributed by atoms with E-state index in [-0.39, 0.29) is 37.7 Å². The summed E-state index contributed by atoms with van der Waals surface area (Å²) in [6.07, 6.45) is -3.17.